The number of hydrogen-bond donors (Lipinski definition) is 2. The van der Waals surface area contributed by atoms with Crippen LogP contribution < -0.4 is 5.32 Å². The second kappa shape index (κ2) is 5.93. The Labute approximate surface area is 120 Å². The standard InChI is InChI=1S/C13H15BrClNO2/c14-10-7-9(5-6-11(10)15)16-12(13(17)18)8-3-1-2-4-8/h5-8,12,16H,1-4H2,(H,17,18). The number of rotatable bonds is 4. The molecule has 1 atom stereocenters. The van der Waals surface area contributed by atoms with Gasteiger partial charge in [-0.15, -0.1) is 0 Å². The van der Waals surface area contributed by atoms with Crippen molar-refractivity contribution in [2.45, 2.75) is 31.7 Å². The monoisotopic (exact) mass is 331 g/mol. The van der Waals surface area contributed by atoms with Gasteiger partial charge in [-0.3, -0.25) is 0 Å². The maximum atomic E-state index is 11.3. The first-order valence-corrected chi connectivity index (χ1v) is 7.19. The highest BCUT2D eigenvalue weighted by Crippen LogP contribution is 2.31. The fraction of sp³-hybridized carbons (Fsp3) is 0.462. The number of hydrogen-bond acceptors (Lipinski definition) is 2. The molecule has 1 aliphatic carbocycles. The summed E-state index contributed by atoms with van der Waals surface area (Å²) in [5.41, 5.74) is 0.783. The molecule has 0 aromatic heterocycles. The molecule has 1 unspecified atom stereocenters. The summed E-state index contributed by atoms with van der Waals surface area (Å²) in [6.07, 6.45) is 4.22. The second-order valence-corrected chi connectivity index (χ2v) is 5.90. The van der Waals surface area contributed by atoms with Crippen molar-refractivity contribution in [1.82, 2.24) is 0 Å². The quantitative estimate of drug-likeness (QED) is 0.870. The van der Waals surface area contributed by atoms with Gasteiger partial charge >= 0.3 is 5.97 Å². The summed E-state index contributed by atoms with van der Waals surface area (Å²) in [5.74, 6) is -0.565. The molecule has 3 nitrogen and oxygen atoms in total. The van der Waals surface area contributed by atoms with E-state index >= 15 is 0 Å². The Morgan fingerprint density at radius 2 is 2.11 bits per heavy atom. The van der Waals surface area contributed by atoms with Crippen molar-refractivity contribution in [2.75, 3.05) is 5.32 Å². The molecule has 0 radical (unpaired) electrons. The molecule has 0 saturated heterocycles. The summed E-state index contributed by atoms with van der Waals surface area (Å²) >= 11 is 9.25. The number of aliphatic carboxylic acids is 1. The van der Waals surface area contributed by atoms with E-state index in [1.807, 2.05) is 6.07 Å². The Hall–Kier alpha value is -0.740. The van der Waals surface area contributed by atoms with Gasteiger partial charge in [0, 0.05) is 10.2 Å². The van der Waals surface area contributed by atoms with Crippen molar-refractivity contribution < 1.29 is 9.90 Å². The summed E-state index contributed by atoms with van der Waals surface area (Å²) in [5, 5.41) is 13.0. The van der Waals surface area contributed by atoms with Crippen LogP contribution in [-0.4, -0.2) is 17.1 Å². The lowest BCUT2D eigenvalue weighted by atomic mass is 9.98. The molecule has 2 N–H and O–H groups in total. The Morgan fingerprint density at radius 1 is 1.44 bits per heavy atom. The molecule has 98 valence electrons. The Balaban J connectivity index is 2.12. The van der Waals surface area contributed by atoms with Gasteiger partial charge in [-0.2, -0.15) is 0 Å². The van der Waals surface area contributed by atoms with Crippen molar-refractivity contribution in [3.05, 3.63) is 27.7 Å². The number of halogens is 2. The highest BCUT2D eigenvalue weighted by Gasteiger charge is 2.30. The fourth-order valence-corrected chi connectivity index (χ4v) is 2.93. The van der Waals surface area contributed by atoms with Crippen LogP contribution in [0.5, 0.6) is 0 Å². The van der Waals surface area contributed by atoms with Crippen LogP contribution in [0, 0.1) is 5.92 Å². The molecule has 1 fully saturated rings. The molecule has 1 aromatic carbocycles. The van der Waals surface area contributed by atoms with Crippen LogP contribution in [0.2, 0.25) is 5.02 Å². The lowest BCUT2D eigenvalue weighted by Gasteiger charge is -2.21. The van der Waals surface area contributed by atoms with Gasteiger partial charge in [-0.05, 0) is 52.9 Å². The van der Waals surface area contributed by atoms with Crippen LogP contribution in [0.1, 0.15) is 25.7 Å². The average Bonchev–Trinajstić information content (AvgIpc) is 2.83. The van der Waals surface area contributed by atoms with E-state index in [1.165, 1.54) is 0 Å². The molecule has 0 aliphatic heterocycles. The highest BCUT2D eigenvalue weighted by molar-refractivity contribution is 9.10. The zero-order chi connectivity index (χ0) is 13.1. The van der Waals surface area contributed by atoms with E-state index in [4.69, 9.17) is 11.6 Å². The largest absolute Gasteiger partial charge is 0.480 e. The van der Waals surface area contributed by atoms with E-state index in [1.54, 1.807) is 12.1 Å². The summed E-state index contributed by atoms with van der Waals surface area (Å²) in [6.45, 7) is 0. The first-order chi connectivity index (χ1) is 8.58. The zero-order valence-electron chi connectivity index (χ0n) is 9.83. The van der Waals surface area contributed by atoms with Gasteiger partial charge in [0.1, 0.15) is 6.04 Å². The van der Waals surface area contributed by atoms with Crippen LogP contribution in [0.4, 0.5) is 5.69 Å². The van der Waals surface area contributed by atoms with E-state index in [0.29, 0.717) is 5.02 Å². The zero-order valence-corrected chi connectivity index (χ0v) is 12.2. The molecule has 0 spiro atoms. The maximum Gasteiger partial charge on any atom is 0.326 e. The third-order valence-electron chi connectivity index (χ3n) is 3.38. The number of carboxylic acid groups (broad SMARTS) is 1. The molecule has 1 saturated carbocycles. The highest BCUT2D eigenvalue weighted by atomic mass is 79.9. The average molecular weight is 333 g/mol. The van der Waals surface area contributed by atoms with Crippen LogP contribution in [0.3, 0.4) is 0 Å². The smallest absolute Gasteiger partial charge is 0.326 e. The molecule has 0 bridgehead atoms. The third kappa shape index (κ3) is 3.18. The Kier molecular flexibility index (Phi) is 4.51. The Bertz CT molecular complexity index is 447. The summed E-state index contributed by atoms with van der Waals surface area (Å²) in [7, 11) is 0. The van der Waals surface area contributed by atoms with Crippen molar-refractivity contribution in [3.63, 3.8) is 0 Å². The van der Waals surface area contributed by atoms with Gasteiger partial charge in [0.15, 0.2) is 0 Å². The van der Waals surface area contributed by atoms with Gasteiger partial charge in [0.2, 0.25) is 0 Å². The second-order valence-electron chi connectivity index (χ2n) is 4.63. The molecule has 0 amide bonds. The van der Waals surface area contributed by atoms with Crippen LogP contribution in [0.25, 0.3) is 0 Å². The first-order valence-electron chi connectivity index (χ1n) is 6.02. The molecule has 5 heteroatoms. The minimum absolute atomic E-state index is 0.219. The molecule has 0 heterocycles. The number of carbonyl (C=O) groups is 1. The van der Waals surface area contributed by atoms with E-state index in [-0.39, 0.29) is 5.92 Å². The van der Waals surface area contributed by atoms with Crippen LogP contribution >= 0.6 is 27.5 Å². The summed E-state index contributed by atoms with van der Waals surface area (Å²) in [4.78, 5) is 11.3. The predicted octanol–water partition coefficient (Wildman–Crippen LogP) is 4.16. The van der Waals surface area contributed by atoms with Gasteiger partial charge in [0.05, 0.1) is 5.02 Å². The van der Waals surface area contributed by atoms with Crippen molar-refractivity contribution >= 4 is 39.2 Å². The minimum Gasteiger partial charge on any atom is -0.480 e. The fourth-order valence-electron chi connectivity index (χ4n) is 2.44. The van der Waals surface area contributed by atoms with Crippen molar-refractivity contribution in [3.8, 4) is 0 Å². The summed E-state index contributed by atoms with van der Waals surface area (Å²) in [6, 6.07) is 4.85. The lowest BCUT2D eigenvalue weighted by Crippen LogP contribution is -2.35. The van der Waals surface area contributed by atoms with Gasteiger partial charge in [-0.1, -0.05) is 24.4 Å². The molecule has 18 heavy (non-hydrogen) atoms. The number of nitrogens with one attached hydrogen (secondary N) is 1. The number of anilines is 1. The maximum absolute atomic E-state index is 11.3. The van der Waals surface area contributed by atoms with E-state index < -0.39 is 12.0 Å². The number of carboxylic acids is 1. The SMILES string of the molecule is O=C(O)C(Nc1ccc(Cl)c(Br)c1)C1CCCC1. The molecule has 1 aliphatic rings. The third-order valence-corrected chi connectivity index (χ3v) is 4.59. The summed E-state index contributed by atoms with van der Waals surface area (Å²) < 4.78 is 0.768. The van der Waals surface area contributed by atoms with Crippen molar-refractivity contribution in [2.24, 2.45) is 5.92 Å². The van der Waals surface area contributed by atoms with Crippen LogP contribution in [-0.2, 0) is 4.79 Å². The Morgan fingerprint density at radius 3 is 2.67 bits per heavy atom. The number of benzene rings is 1. The minimum atomic E-state index is -0.784. The van der Waals surface area contributed by atoms with Crippen molar-refractivity contribution in [1.29, 1.82) is 0 Å². The lowest BCUT2D eigenvalue weighted by molar-refractivity contribution is -0.139. The topological polar surface area (TPSA) is 49.3 Å². The molecule has 2 rings (SSSR count). The van der Waals surface area contributed by atoms with E-state index in [2.05, 4.69) is 21.2 Å². The van der Waals surface area contributed by atoms with E-state index in [0.717, 1.165) is 35.8 Å². The normalized spacial score (nSPS) is 17.7. The molecule has 1 aromatic rings. The molecular formula is C13H15BrClNO2. The first kappa shape index (κ1) is 13.7. The molecular weight excluding hydrogens is 318 g/mol. The predicted molar refractivity (Wildman–Crippen MR) is 76.2 cm³/mol. The van der Waals surface area contributed by atoms with Crippen LogP contribution in [0.15, 0.2) is 22.7 Å². The van der Waals surface area contributed by atoms with Gasteiger partial charge in [0.25, 0.3) is 0 Å². The van der Waals surface area contributed by atoms with Gasteiger partial charge in [-0.25, -0.2) is 4.79 Å². The van der Waals surface area contributed by atoms with E-state index in [9.17, 15) is 9.90 Å². The van der Waals surface area contributed by atoms with Gasteiger partial charge < -0.3 is 10.4 Å².